The van der Waals surface area contributed by atoms with Gasteiger partial charge in [-0.25, -0.2) is 4.99 Å². The van der Waals surface area contributed by atoms with E-state index < -0.39 is 0 Å². The average Bonchev–Trinajstić information content (AvgIpc) is 2.73. The zero-order valence-corrected chi connectivity index (χ0v) is 17.8. The van der Waals surface area contributed by atoms with Crippen LogP contribution in [0.4, 0.5) is 0 Å². The van der Waals surface area contributed by atoms with Crippen LogP contribution in [0.3, 0.4) is 0 Å². The summed E-state index contributed by atoms with van der Waals surface area (Å²) >= 11 is 0. The van der Waals surface area contributed by atoms with Crippen LogP contribution in [-0.4, -0.2) is 44.7 Å². The van der Waals surface area contributed by atoms with Gasteiger partial charge in [0.15, 0.2) is 5.96 Å². The molecule has 0 aliphatic rings. The first-order chi connectivity index (χ1) is 14.0. The molecule has 0 aromatic heterocycles. The number of carbonyl (C=O) groups is 1. The van der Waals surface area contributed by atoms with Crippen molar-refractivity contribution in [2.45, 2.75) is 33.3 Å². The molecule has 0 aliphatic heterocycles. The molecule has 2 aromatic carbocycles. The maximum atomic E-state index is 11.8. The Bertz CT molecular complexity index is 803. The third-order valence-electron chi connectivity index (χ3n) is 4.33. The number of ether oxygens (including phenoxy) is 1. The van der Waals surface area contributed by atoms with Crippen molar-refractivity contribution in [1.29, 1.82) is 0 Å². The van der Waals surface area contributed by atoms with Gasteiger partial charge in [-0.3, -0.25) is 4.79 Å². The summed E-state index contributed by atoms with van der Waals surface area (Å²) in [7, 11) is 1.64. The van der Waals surface area contributed by atoms with Crippen LogP contribution in [0.2, 0.25) is 0 Å². The van der Waals surface area contributed by atoms with E-state index in [0.717, 1.165) is 36.8 Å². The second-order valence-corrected chi connectivity index (χ2v) is 6.92. The minimum absolute atomic E-state index is 0.0302. The van der Waals surface area contributed by atoms with Gasteiger partial charge in [-0.05, 0) is 57.0 Å². The summed E-state index contributed by atoms with van der Waals surface area (Å²) in [5.41, 5.74) is 2.99. The van der Waals surface area contributed by atoms with E-state index in [9.17, 15) is 4.79 Å². The van der Waals surface area contributed by atoms with Crippen molar-refractivity contribution in [3.63, 3.8) is 0 Å². The van der Waals surface area contributed by atoms with E-state index in [2.05, 4.69) is 27.9 Å². The summed E-state index contributed by atoms with van der Waals surface area (Å²) < 4.78 is 5.92. The van der Waals surface area contributed by atoms with E-state index in [1.165, 1.54) is 5.56 Å². The maximum absolute atomic E-state index is 11.8. The lowest BCUT2D eigenvalue weighted by molar-refractivity contribution is 0.0963. The number of amides is 1. The zero-order valence-electron chi connectivity index (χ0n) is 17.8. The molecule has 1 amide bonds. The summed E-state index contributed by atoms with van der Waals surface area (Å²) in [5.74, 6) is 1.54. The van der Waals surface area contributed by atoms with E-state index in [1.807, 2.05) is 62.4 Å². The van der Waals surface area contributed by atoms with Crippen molar-refractivity contribution in [3.05, 3.63) is 65.2 Å². The first-order valence-electron chi connectivity index (χ1n) is 10.1. The van der Waals surface area contributed by atoms with Crippen LogP contribution in [0.15, 0.2) is 53.5 Å². The molecule has 156 valence electrons. The van der Waals surface area contributed by atoms with Crippen LogP contribution in [-0.2, 0) is 6.42 Å². The summed E-state index contributed by atoms with van der Waals surface area (Å²) in [5, 5.41) is 9.25. The molecule has 1 atom stereocenters. The number of nitrogens with one attached hydrogen (secondary N) is 3. The number of hydrogen-bond acceptors (Lipinski definition) is 3. The van der Waals surface area contributed by atoms with E-state index in [1.54, 1.807) is 7.05 Å². The number of carbonyl (C=O) groups excluding carboxylic acids is 1. The molecule has 2 aromatic rings. The molecule has 0 saturated heterocycles. The highest BCUT2D eigenvalue weighted by molar-refractivity contribution is 5.94. The minimum Gasteiger partial charge on any atom is -0.489 e. The summed E-state index contributed by atoms with van der Waals surface area (Å²) in [6.45, 7) is 8.16. The van der Waals surface area contributed by atoms with Gasteiger partial charge in [0.1, 0.15) is 11.9 Å². The third kappa shape index (κ3) is 7.86. The van der Waals surface area contributed by atoms with Gasteiger partial charge in [-0.2, -0.15) is 0 Å². The van der Waals surface area contributed by atoms with Crippen molar-refractivity contribution in [3.8, 4) is 5.75 Å². The Kier molecular flexibility index (Phi) is 9.02. The number of hydrogen-bond donors (Lipinski definition) is 3. The van der Waals surface area contributed by atoms with Gasteiger partial charge in [-0.1, -0.05) is 29.8 Å². The molecular weight excluding hydrogens is 364 g/mol. The van der Waals surface area contributed by atoms with Gasteiger partial charge >= 0.3 is 0 Å². The number of aliphatic imine (C=N–C) groups is 1. The lowest BCUT2D eigenvalue weighted by Crippen LogP contribution is -2.39. The molecule has 0 aliphatic carbocycles. The van der Waals surface area contributed by atoms with Crippen molar-refractivity contribution in [1.82, 2.24) is 16.0 Å². The molecule has 0 radical (unpaired) electrons. The molecule has 0 fully saturated rings. The molecule has 6 nitrogen and oxygen atoms in total. The highest BCUT2D eigenvalue weighted by Gasteiger charge is 2.06. The normalized spacial score (nSPS) is 12.2. The molecule has 6 heteroatoms. The molecule has 0 saturated carbocycles. The second kappa shape index (κ2) is 11.7. The molecule has 2 rings (SSSR count). The molecule has 0 spiro atoms. The maximum Gasteiger partial charge on any atom is 0.251 e. The van der Waals surface area contributed by atoms with Crippen molar-refractivity contribution in [2.24, 2.45) is 4.99 Å². The Morgan fingerprint density at radius 3 is 2.59 bits per heavy atom. The Morgan fingerprint density at radius 2 is 1.90 bits per heavy atom. The van der Waals surface area contributed by atoms with E-state index in [0.29, 0.717) is 12.1 Å². The van der Waals surface area contributed by atoms with Crippen LogP contribution in [0.1, 0.15) is 35.3 Å². The van der Waals surface area contributed by atoms with Crippen molar-refractivity contribution in [2.75, 3.05) is 26.7 Å². The summed E-state index contributed by atoms with van der Waals surface area (Å²) in [4.78, 5) is 16.4. The molecular formula is C23H32N4O2. The number of guanidine groups is 1. The molecule has 0 bridgehead atoms. The van der Waals surface area contributed by atoms with Crippen LogP contribution >= 0.6 is 0 Å². The third-order valence-corrected chi connectivity index (χ3v) is 4.33. The summed E-state index contributed by atoms with van der Waals surface area (Å²) in [6.07, 6.45) is 0.766. The van der Waals surface area contributed by atoms with Gasteiger partial charge in [-0.15, -0.1) is 0 Å². The average molecular weight is 397 g/mol. The lowest BCUT2D eigenvalue weighted by atomic mass is 10.1. The Hall–Kier alpha value is -3.02. The van der Waals surface area contributed by atoms with Crippen molar-refractivity contribution >= 4 is 11.9 Å². The number of aryl methyl sites for hydroxylation is 1. The van der Waals surface area contributed by atoms with Gasteiger partial charge in [0.25, 0.3) is 5.91 Å². The van der Waals surface area contributed by atoms with Crippen LogP contribution in [0.25, 0.3) is 0 Å². The van der Waals surface area contributed by atoms with Crippen LogP contribution < -0.4 is 20.7 Å². The smallest absolute Gasteiger partial charge is 0.251 e. The largest absolute Gasteiger partial charge is 0.489 e. The molecule has 29 heavy (non-hydrogen) atoms. The predicted molar refractivity (Wildman–Crippen MR) is 119 cm³/mol. The zero-order chi connectivity index (χ0) is 21.1. The van der Waals surface area contributed by atoms with Crippen molar-refractivity contribution < 1.29 is 9.53 Å². The van der Waals surface area contributed by atoms with Gasteiger partial charge in [0, 0.05) is 25.7 Å². The van der Waals surface area contributed by atoms with Crippen LogP contribution in [0, 0.1) is 6.92 Å². The van der Waals surface area contributed by atoms with Crippen LogP contribution in [0.5, 0.6) is 5.75 Å². The Morgan fingerprint density at radius 1 is 1.14 bits per heavy atom. The quantitative estimate of drug-likeness (QED) is 0.450. The molecule has 1 unspecified atom stereocenters. The predicted octanol–water partition coefficient (Wildman–Crippen LogP) is 2.92. The molecule has 3 N–H and O–H groups in total. The van der Waals surface area contributed by atoms with Gasteiger partial charge in [0.05, 0.1) is 6.54 Å². The monoisotopic (exact) mass is 396 g/mol. The Labute approximate surface area is 173 Å². The number of rotatable bonds is 9. The lowest BCUT2D eigenvalue weighted by Gasteiger charge is -2.15. The highest BCUT2D eigenvalue weighted by Crippen LogP contribution is 2.13. The fourth-order valence-corrected chi connectivity index (χ4v) is 2.79. The first kappa shape index (κ1) is 22.3. The van der Waals surface area contributed by atoms with E-state index in [-0.39, 0.29) is 12.0 Å². The van der Waals surface area contributed by atoms with E-state index in [4.69, 9.17) is 4.74 Å². The van der Waals surface area contributed by atoms with Gasteiger partial charge < -0.3 is 20.7 Å². The van der Waals surface area contributed by atoms with Gasteiger partial charge in [0.2, 0.25) is 0 Å². The minimum atomic E-state index is -0.0720. The summed E-state index contributed by atoms with van der Waals surface area (Å²) in [6, 6.07) is 15.7. The highest BCUT2D eigenvalue weighted by atomic mass is 16.5. The number of nitrogens with zero attached hydrogens (tertiary/aromatic N) is 1. The Balaban J connectivity index is 1.85. The SMILES string of the molecule is CCNC(=NCC(C)Oc1ccc(C)cc1)NCCc1cccc(C(=O)NC)c1. The number of benzene rings is 2. The standard InChI is InChI=1S/C23H32N4O2/c1-5-25-23(27-16-18(3)29-21-11-9-17(2)10-12-21)26-14-13-19-7-6-8-20(15-19)22(28)24-4/h6-12,15,18H,5,13-14,16H2,1-4H3,(H,24,28)(H2,25,26,27). The first-order valence-corrected chi connectivity index (χ1v) is 10.1. The fraction of sp³-hybridized carbons (Fsp3) is 0.391. The molecule has 0 heterocycles. The second-order valence-electron chi connectivity index (χ2n) is 6.92. The fourth-order valence-electron chi connectivity index (χ4n) is 2.79. The topological polar surface area (TPSA) is 74.8 Å². The van der Waals surface area contributed by atoms with E-state index >= 15 is 0 Å².